The molecule has 8 nitrogen and oxygen atoms in total. The van der Waals surface area contributed by atoms with Crippen LogP contribution in [0.15, 0.2) is 59.5 Å². The van der Waals surface area contributed by atoms with Crippen molar-refractivity contribution < 1.29 is 24.0 Å². The van der Waals surface area contributed by atoms with Gasteiger partial charge in [-0.05, 0) is 33.3 Å². The Bertz CT molecular complexity index is 914. The van der Waals surface area contributed by atoms with Gasteiger partial charge in [-0.3, -0.25) is 10.1 Å². The van der Waals surface area contributed by atoms with Crippen molar-refractivity contribution >= 4 is 17.6 Å². The second kappa shape index (κ2) is 9.18. The minimum absolute atomic E-state index is 0.00819. The smallest absolute Gasteiger partial charge is 0.337 e. The molecule has 0 spiro atoms. The number of nitro benzene ring substituents is 1. The summed E-state index contributed by atoms with van der Waals surface area (Å²) >= 11 is 0. The first-order chi connectivity index (χ1) is 13.7. The lowest BCUT2D eigenvalue weighted by Crippen LogP contribution is -2.33. The fourth-order valence-electron chi connectivity index (χ4n) is 3.18. The molecule has 8 heteroatoms. The fraction of sp³-hybridized carbons (Fsp3) is 0.333. The number of ether oxygens (including phenoxy) is 2. The Morgan fingerprint density at radius 1 is 1.24 bits per heavy atom. The lowest BCUT2D eigenvalue weighted by molar-refractivity contribution is -0.384. The van der Waals surface area contributed by atoms with E-state index in [1.807, 2.05) is 0 Å². The zero-order chi connectivity index (χ0) is 21.7. The van der Waals surface area contributed by atoms with E-state index in [1.54, 1.807) is 33.8 Å². The Balaban J connectivity index is 2.66. The lowest BCUT2D eigenvalue weighted by atomic mass is 9.80. The predicted octanol–water partition coefficient (Wildman–Crippen LogP) is 3.51. The summed E-state index contributed by atoms with van der Waals surface area (Å²) in [6, 6.07) is 5.84. The van der Waals surface area contributed by atoms with Crippen molar-refractivity contribution in [3.05, 3.63) is 75.1 Å². The molecule has 1 aliphatic rings. The van der Waals surface area contributed by atoms with Crippen LogP contribution >= 0.6 is 0 Å². The van der Waals surface area contributed by atoms with Crippen LogP contribution in [0.2, 0.25) is 0 Å². The van der Waals surface area contributed by atoms with E-state index in [1.165, 1.54) is 24.3 Å². The number of dihydropyridines is 1. The number of rotatable bonds is 7. The second-order valence-corrected chi connectivity index (χ2v) is 6.83. The summed E-state index contributed by atoms with van der Waals surface area (Å²) in [6.45, 7) is 10.3. The van der Waals surface area contributed by atoms with E-state index in [-0.39, 0.29) is 29.5 Å². The maximum absolute atomic E-state index is 12.9. The first-order valence-electron chi connectivity index (χ1n) is 9.09. The van der Waals surface area contributed by atoms with Crippen molar-refractivity contribution in [2.45, 2.75) is 39.7 Å². The molecule has 154 valence electrons. The van der Waals surface area contributed by atoms with Crippen molar-refractivity contribution in [1.29, 1.82) is 0 Å². The van der Waals surface area contributed by atoms with Crippen molar-refractivity contribution in [2.24, 2.45) is 0 Å². The molecule has 0 saturated heterocycles. The van der Waals surface area contributed by atoms with Crippen LogP contribution in [0.3, 0.4) is 0 Å². The third kappa shape index (κ3) is 4.90. The molecule has 1 heterocycles. The first-order valence-corrected chi connectivity index (χ1v) is 9.09. The maximum atomic E-state index is 12.9. The van der Waals surface area contributed by atoms with E-state index in [4.69, 9.17) is 9.47 Å². The van der Waals surface area contributed by atoms with Crippen molar-refractivity contribution in [3.8, 4) is 0 Å². The van der Waals surface area contributed by atoms with Gasteiger partial charge < -0.3 is 14.8 Å². The van der Waals surface area contributed by atoms with Gasteiger partial charge in [0.2, 0.25) is 0 Å². The van der Waals surface area contributed by atoms with Gasteiger partial charge in [0.05, 0.1) is 28.1 Å². The summed E-state index contributed by atoms with van der Waals surface area (Å²) in [5.74, 6) is -2.13. The molecule has 0 bridgehead atoms. The third-order valence-corrected chi connectivity index (χ3v) is 4.29. The van der Waals surface area contributed by atoms with Crippen LogP contribution < -0.4 is 5.32 Å². The van der Waals surface area contributed by atoms with Crippen molar-refractivity contribution in [2.75, 3.05) is 6.61 Å². The minimum Gasteiger partial charge on any atom is -0.460 e. The van der Waals surface area contributed by atoms with Crippen LogP contribution in [0.5, 0.6) is 0 Å². The van der Waals surface area contributed by atoms with Gasteiger partial charge in [-0.2, -0.15) is 0 Å². The number of benzene rings is 1. The van der Waals surface area contributed by atoms with Crippen LogP contribution in [0.4, 0.5) is 5.69 Å². The van der Waals surface area contributed by atoms with E-state index in [9.17, 15) is 19.7 Å². The van der Waals surface area contributed by atoms with Gasteiger partial charge in [0, 0.05) is 23.5 Å². The minimum atomic E-state index is -0.875. The number of esters is 2. The number of nitrogens with zero attached hydrogens (tertiary/aromatic N) is 1. The normalized spacial score (nSPS) is 16.4. The van der Waals surface area contributed by atoms with E-state index in [2.05, 4.69) is 11.9 Å². The number of non-ortho nitro benzene ring substituents is 1. The molecule has 1 aliphatic heterocycles. The fourth-order valence-corrected chi connectivity index (χ4v) is 3.18. The molecular weight excluding hydrogens is 376 g/mol. The molecule has 1 atom stereocenters. The summed E-state index contributed by atoms with van der Waals surface area (Å²) in [4.78, 5) is 36.4. The number of nitro groups is 1. The average Bonchev–Trinajstić information content (AvgIpc) is 2.64. The highest BCUT2D eigenvalue weighted by molar-refractivity contribution is 6.00. The Hall–Kier alpha value is -3.42. The van der Waals surface area contributed by atoms with Crippen molar-refractivity contribution in [3.63, 3.8) is 0 Å². The molecule has 1 unspecified atom stereocenters. The lowest BCUT2D eigenvalue weighted by Gasteiger charge is -2.30. The molecule has 0 radical (unpaired) electrons. The van der Waals surface area contributed by atoms with E-state index in [0.717, 1.165) is 0 Å². The molecule has 2 rings (SSSR count). The number of allylic oxidation sites excluding steroid dienone is 2. The number of carbonyl (C=O) groups is 2. The molecule has 1 aromatic rings. The van der Waals surface area contributed by atoms with Crippen LogP contribution in [0, 0.1) is 10.1 Å². The molecular formula is C21H24N2O6. The van der Waals surface area contributed by atoms with Gasteiger partial charge in [0.25, 0.3) is 5.69 Å². The SMILES string of the molecule is C=CCOC(=O)C1=C(C)NC(C)=C(C(=O)OC(C)C)C1c1cccc([N+](=O)[O-])c1. The van der Waals surface area contributed by atoms with Gasteiger partial charge in [0.1, 0.15) is 6.61 Å². The zero-order valence-corrected chi connectivity index (χ0v) is 16.9. The van der Waals surface area contributed by atoms with E-state index >= 15 is 0 Å². The molecule has 29 heavy (non-hydrogen) atoms. The van der Waals surface area contributed by atoms with Gasteiger partial charge in [-0.1, -0.05) is 24.8 Å². The number of carbonyl (C=O) groups excluding carboxylic acids is 2. The van der Waals surface area contributed by atoms with E-state index < -0.39 is 22.8 Å². The maximum Gasteiger partial charge on any atom is 0.337 e. The molecule has 1 N–H and O–H groups in total. The zero-order valence-electron chi connectivity index (χ0n) is 16.9. The van der Waals surface area contributed by atoms with Crippen LogP contribution in [-0.4, -0.2) is 29.6 Å². The van der Waals surface area contributed by atoms with Crippen LogP contribution in [0.25, 0.3) is 0 Å². The Kier molecular flexibility index (Phi) is 6.93. The molecule has 0 saturated carbocycles. The summed E-state index contributed by atoms with van der Waals surface area (Å²) in [5.41, 5.74) is 1.66. The van der Waals surface area contributed by atoms with Gasteiger partial charge in [0.15, 0.2) is 0 Å². The molecule has 0 fully saturated rings. The highest BCUT2D eigenvalue weighted by atomic mass is 16.6. The quantitative estimate of drug-likeness (QED) is 0.323. The second-order valence-electron chi connectivity index (χ2n) is 6.83. The van der Waals surface area contributed by atoms with Gasteiger partial charge in [-0.15, -0.1) is 0 Å². The Morgan fingerprint density at radius 3 is 2.41 bits per heavy atom. The average molecular weight is 400 g/mol. The number of hydrogen-bond donors (Lipinski definition) is 1. The molecule has 0 amide bonds. The Morgan fingerprint density at radius 2 is 1.86 bits per heavy atom. The summed E-state index contributed by atoms with van der Waals surface area (Å²) in [6.07, 6.45) is 1.05. The summed E-state index contributed by atoms with van der Waals surface area (Å²) in [5, 5.41) is 14.3. The standard InChI is InChI=1S/C21H24N2O6/c1-6-10-28-20(24)17-13(4)22-14(5)18(21(25)29-12(2)3)19(17)15-8-7-9-16(11-15)23(26)27/h6-9,11-12,19,22H,1,10H2,2-5H3. The van der Waals surface area contributed by atoms with Gasteiger partial charge in [-0.25, -0.2) is 9.59 Å². The summed E-state index contributed by atoms with van der Waals surface area (Å²) in [7, 11) is 0. The molecule has 1 aromatic carbocycles. The van der Waals surface area contributed by atoms with Crippen LogP contribution in [-0.2, 0) is 19.1 Å². The highest BCUT2D eigenvalue weighted by Crippen LogP contribution is 2.40. The molecule has 0 aliphatic carbocycles. The van der Waals surface area contributed by atoms with E-state index in [0.29, 0.717) is 17.0 Å². The summed E-state index contributed by atoms with van der Waals surface area (Å²) < 4.78 is 10.6. The monoisotopic (exact) mass is 400 g/mol. The van der Waals surface area contributed by atoms with Gasteiger partial charge >= 0.3 is 11.9 Å². The highest BCUT2D eigenvalue weighted by Gasteiger charge is 2.38. The Labute approximate surface area is 169 Å². The number of nitrogens with one attached hydrogen (secondary N) is 1. The topological polar surface area (TPSA) is 108 Å². The largest absolute Gasteiger partial charge is 0.460 e. The third-order valence-electron chi connectivity index (χ3n) is 4.29. The van der Waals surface area contributed by atoms with Crippen LogP contribution in [0.1, 0.15) is 39.2 Å². The number of hydrogen-bond acceptors (Lipinski definition) is 7. The first kappa shape index (κ1) is 21.9. The predicted molar refractivity (Wildman–Crippen MR) is 107 cm³/mol. The van der Waals surface area contributed by atoms with Crippen molar-refractivity contribution in [1.82, 2.24) is 5.32 Å². The molecule has 0 aromatic heterocycles.